The fourth-order valence-electron chi connectivity index (χ4n) is 0.703. The minimum absolute atomic E-state index is 0. The second kappa shape index (κ2) is 9.37. The predicted molar refractivity (Wildman–Crippen MR) is 53.6 cm³/mol. The topological polar surface area (TPSA) is 9.23 Å². The molecule has 0 amide bonds. The second-order valence-electron chi connectivity index (χ2n) is 1.81. The summed E-state index contributed by atoms with van der Waals surface area (Å²) in [5, 5.41) is 0. The van der Waals surface area contributed by atoms with Crippen molar-refractivity contribution in [3.05, 3.63) is 36.8 Å². The summed E-state index contributed by atoms with van der Waals surface area (Å²) in [7, 11) is 1.64. The molecule has 0 aromatic heterocycles. The molecule has 1 aromatic rings. The Labute approximate surface area is 96.3 Å². The molecule has 12 heavy (non-hydrogen) atoms. The van der Waals surface area contributed by atoms with Gasteiger partial charge in [0.1, 0.15) is 0 Å². The molecule has 0 bridgehead atoms. The number of hydrogen-bond acceptors (Lipinski definition) is 1. The molecular weight excluding hydrogens is 293 g/mol. The van der Waals surface area contributed by atoms with Crippen LogP contribution in [0.3, 0.4) is 0 Å². The van der Waals surface area contributed by atoms with Gasteiger partial charge < -0.3 is 4.74 Å². The summed E-state index contributed by atoms with van der Waals surface area (Å²) in [6.07, 6.45) is 0. The van der Waals surface area contributed by atoms with Gasteiger partial charge in [-0.2, -0.15) is 18.6 Å². The zero-order valence-electron chi connectivity index (χ0n) is 6.92. The number of ether oxygens (including phenoxy) is 1. The summed E-state index contributed by atoms with van der Waals surface area (Å²) in [6.45, 7) is 3.77. The van der Waals surface area contributed by atoms with Crippen LogP contribution in [0.15, 0.2) is 24.3 Å². The number of halogens is 2. The third-order valence-electron chi connectivity index (χ3n) is 1.19. The Hall–Kier alpha value is 0.283. The first kappa shape index (κ1) is 14.8. The molecule has 0 saturated carbocycles. The van der Waals surface area contributed by atoms with Gasteiger partial charge in [-0.05, 0) is 0 Å². The van der Waals surface area contributed by atoms with E-state index in [2.05, 4.69) is 20.5 Å². The van der Waals surface area contributed by atoms with Gasteiger partial charge in [0.25, 0.3) is 0 Å². The van der Waals surface area contributed by atoms with Crippen LogP contribution in [-0.2, 0) is 16.3 Å². The van der Waals surface area contributed by atoms with Gasteiger partial charge in [-0.1, -0.05) is 12.1 Å². The summed E-state index contributed by atoms with van der Waals surface area (Å²) in [4.78, 5) is 0. The van der Waals surface area contributed by atoms with Gasteiger partial charge in [0.15, 0.2) is 0 Å². The Morgan fingerprint density at radius 3 is 2.17 bits per heavy atom. The SMILES string of the molecule is Cl.[CH2-]c1ccccc1OC.[Zn+][Br]. The molecule has 0 N–H and O–H groups in total. The van der Waals surface area contributed by atoms with Crippen molar-refractivity contribution in [2.24, 2.45) is 0 Å². The summed E-state index contributed by atoms with van der Waals surface area (Å²) in [5.74, 6) is 0.845. The molecule has 64 valence electrons. The zero-order chi connectivity index (χ0) is 8.69. The number of methoxy groups -OCH3 is 1. The number of para-hydroxylation sites is 1. The number of hydrogen-bond donors (Lipinski definition) is 0. The van der Waals surface area contributed by atoms with E-state index < -0.39 is 0 Å². The maximum atomic E-state index is 4.98. The Morgan fingerprint density at radius 2 is 1.83 bits per heavy atom. The number of rotatable bonds is 1. The third-order valence-corrected chi connectivity index (χ3v) is 1.19. The monoisotopic (exact) mass is 300 g/mol. The molecule has 4 heteroatoms. The molecule has 0 heterocycles. The van der Waals surface area contributed by atoms with E-state index in [9.17, 15) is 0 Å². The summed E-state index contributed by atoms with van der Waals surface area (Å²) >= 11 is 4.25. The molecule has 0 aliphatic heterocycles. The van der Waals surface area contributed by atoms with Crippen molar-refractivity contribution in [2.45, 2.75) is 0 Å². The van der Waals surface area contributed by atoms with Gasteiger partial charge >= 0.3 is 30.0 Å². The van der Waals surface area contributed by atoms with Crippen molar-refractivity contribution in [1.82, 2.24) is 0 Å². The van der Waals surface area contributed by atoms with E-state index in [-0.39, 0.29) is 12.4 Å². The van der Waals surface area contributed by atoms with Crippen LogP contribution in [0.4, 0.5) is 0 Å². The van der Waals surface area contributed by atoms with Crippen molar-refractivity contribution in [3.63, 3.8) is 0 Å². The van der Waals surface area contributed by atoms with Crippen molar-refractivity contribution in [3.8, 4) is 5.75 Å². The fraction of sp³-hybridized carbons (Fsp3) is 0.125. The average molecular weight is 303 g/mol. The van der Waals surface area contributed by atoms with Gasteiger partial charge in [0.2, 0.25) is 0 Å². The van der Waals surface area contributed by atoms with Gasteiger partial charge in [0.05, 0.1) is 7.11 Å². The molecule has 0 aliphatic carbocycles. The van der Waals surface area contributed by atoms with E-state index in [4.69, 9.17) is 4.74 Å². The van der Waals surface area contributed by atoms with Gasteiger partial charge in [-0.3, -0.25) is 0 Å². The average Bonchev–Trinajstić information content (AvgIpc) is 2.09. The first-order valence-corrected chi connectivity index (χ1v) is 10.0. The fourth-order valence-corrected chi connectivity index (χ4v) is 0.703. The van der Waals surface area contributed by atoms with Crippen molar-refractivity contribution in [1.29, 1.82) is 0 Å². The van der Waals surface area contributed by atoms with E-state index in [0.717, 1.165) is 11.3 Å². The second-order valence-corrected chi connectivity index (χ2v) is 1.81. The third kappa shape index (κ3) is 5.02. The van der Waals surface area contributed by atoms with Crippen LogP contribution in [0.25, 0.3) is 0 Å². The maximum absolute atomic E-state index is 4.98. The molecule has 0 fully saturated rings. The van der Waals surface area contributed by atoms with Crippen LogP contribution in [0.5, 0.6) is 5.75 Å². The van der Waals surface area contributed by atoms with Crippen molar-refractivity contribution >= 4 is 26.0 Å². The molecule has 1 aromatic carbocycles. The van der Waals surface area contributed by atoms with Gasteiger partial charge in [0, 0.05) is 5.75 Å². The van der Waals surface area contributed by atoms with E-state index >= 15 is 0 Å². The molecule has 0 aliphatic rings. The van der Waals surface area contributed by atoms with Crippen LogP contribution in [0.1, 0.15) is 5.56 Å². The Balaban J connectivity index is 0. The molecule has 0 atom stereocenters. The molecule has 1 nitrogen and oxygen atoms in total. The van der Waals surface area contributed by atoms with E-state index in [1.807, 2.05) is 24.3 Å². The summed E-state index contributed by atoms with van der Waals surface area (Å²) in [6, 6.07) is 7.67. The van der Waals surface area contributed by atoms with Crippen LogP contribution in [0, 0.1) is 6.92 Å². The molecule has 0 radical (unpaired) electrons. The van der Waals surface area contributed by atoms with Crippen LogP contribution in [0.2, 0.25) is 0 Å². The van der Waals surface area contributed by atoms with E-state index in [1.54, 1.807) is 7.11 Å². The molecule has 1 rings (SSSR count). The molecular formula is C8H10BrClOZn. The minimum atomic E-state index is 0. The van der Waals surface area contributed by atoms with Crippen molar-refractivity contribution in [2.75, 3.05) is 7.11 Å². The first-order valence-electron chi connectivity index (χ1n) is 3.06. The normalized spacial score (nSPS) is 7.33. The van der Waals surface area contributed by atoms with Crippen LogP contribution >= 0.6 is 26.0 Å². The first-order chi connectivity index (χ1) is 5.34. The quantitative estimate of drug-likeness (QED) is 0.572. The van der Waals surface area contributed by atoms with Crippen LogP contribution < -0.4 is 4.74 Å². The Bertz CT molecular complexity index is 208. The molecule has 0 saturated heterocycles. The van der Waals surface area contributed by atoms with Crippen molar-refractivity contribution < 1.29 is 21.1 Å². The summed E-state index contributed by atoms with van der Waals surface area (Å²) < 4.78 is 4.98. The standard InChI is InChI=1S/C8H9O.BrH.ClH.Zn/c1-7-5-3-4-6-8(7)9-2;;;/h3-6H,1H2,2H3;2*1H;/q-1;;;+2/p-1. The molecule has 0 unspecified atom stereocenters. The van der Waals surface area contributed by atoms with E-state index in [0.29, 0.717) is 0 Å². The predicted octanol–water partition coefficient (Wildman–Crippen LogP) is 3.14. The number of benzene rings is 1. The Morgan fingerprint density at radius 1 is 1.33 bits per heavy atom. The Kier molecular flexibility index (Phi) is 11.5. The van der Waals surface area contributed by atoms with Gasteiger partial charge in [-0.25, -0.2) is 0 Å². The summed E-state index contributed by atoms with van der Waals surface area (Å²) in [5.41, 5.74) is 0.931. The van der Waals surface area contributed by atoms with Crippen LogP contribution in [-0.4, -0.2) is 7.11 Å². The van der Waals surface area contributed by atoms with E-state index in [1.165, 1.54) is 16.3 Å². The molecule has 0 spiro atoms. The zero-order valence-corrected chi connectivity index (χ0v) is 12.3. The van der Waals surface area contributed by atoms with Gasteiger partial charge in [-0.15, -0.1) is 18.5 Å².